The topological polar surface area (TPSA) is 73.6 Å². The number of nitrogens with zero attached hydrogens (tertiary/aromatic N) is 1. The monoisotopic (exact) mass is 294 g/mol. The molecule has 2 rings (SSSR count). The standard InChI is InChI=1S/C15H22N2O4/c1-2-7-16-14-10-12(3-4-15(14)17(18)19)11-21-13-5-8-20-9-6-13/h3-4,10,13,16H,2,5-9,11H2,1H3. The summed E-state index contributed by atoms with van der Waals surface area (Å²) in [5.41, 5.74) is 1.62. The van der Waals surface area contributed by atoms with Crippen LogP contribution in [0.3, 0.4) is 0 Å². The molecule has 1 heterocycles. The maximum Gasteiger partial charge on any atom is 0.292 e. The van der Waals surface area contributed by atoms with Gasteiger partial charge in [0.2, 0.25) is 0 Å². The fourth-order valence-electron chi connectivity index (χ4n) is 2.29. The van der Waals surface area contributed by atoms with Gasteiger partial charge >= 0.3 is 0 Å². The van der Waals surface area contributed by atoms with Crippen LogP contribution in [0.4, 0.5) is 11.4 Å². The van der Waals surface area contributed by atoms with Gasteiger partial charge in [0.25, 0.3) is 5.69 Å². The van der Waals surface area contributed by atoms with Crippen molar-refractivity contribution in [3.05, 3.63) is 33.9 Å². The van der Waals surface area contributed by atoms with Gasteiger partial charge in [0.05, 0.1) is 17.6 Å². The lowest BCUT2D eigenvalue weighted by Crippen LogP contribution is -2.23. The average molecular weight is 294 g/mol. The maximum atomic E-state index is 11.0. The molecule has 0 saturated carbocycles. The number of nitro benzene ring substituents is 1. The van der Waals surface area contributed by atoms with Gasteiger partial charge in [-0.15, -0.1) is 0 Å². The number of benzene rings is 1. The molecule has 1 aromatic rings. The molecule has 0 amide bonds. The largest absolute Gasteiger partial charge is 0.381 e. The second-order valence-corrected chi connectivity index (χ2v) is 5.16. The summed E-state index contributed by atoms with van der Waals surface area (Å²) < 4.78 is 11.1. The van der Waals surface area contributed by atoms with Crippen molar-refractivity contribution in [3.63, 3.8) is 0 Å². The van der Waals surface area contributed by atoms with Gasteiger partial charge in [0, 0.05) is 25.8 Å². The number of hydrogen-bond donors (Lipinski definition) is 1. The molecule has 0 aliphatic carbocycles. The van der Waals surface area contributed by atoms with Crippen LogP contribution in [0.5, 0.6) is 0 Å². The minimum Gasteiger partial charge on any atom is -0.381 e. The number of anilines is 1. The van der Waals surface area contributed by atoms with Crippen molar-refractivity contribution in [2.75, 3.05) is 25.1 Å². The summed E-state index contributed by atoms with van der Waals surface area (Å²) in [6.45, 7) is 4.70. The van der Waals surface area contributed by atoms with Gasteiger partial charge in [0.1, 0.15) is 5.69 Å². The highest BCUT2D eigenvalue weighted by molar-refractivity contribution is 5.62. The molecule has 0 atom stereocenters. The van der Waals surface area contributed by atoms with Crippen LogP contribution in [0.1, 0.15) is 31.7 Å². The van der Waals surface area contributed by atoms with Crippen molar-refractivity contribution in [3.8, 4) is 0 Å². The highest BCUT2D eigenvalue weighted by Gasteiger charge is 2.16. The molecule has 1 aliphatic rings. The number of nitrogens with one attached hydrogen (secondary N) is 1. The van der Waals surface area contributed by atoms with E-state index in [0.717, 1.165) is 38.0 Å². The Morgan fingerprint density at radius 2 is 2.19 bits per heavy atom. The summed E-state index contributed by atoms with van der Waals surface area (Å²) in [5.74, 6) is 0. The second-order valence-electron chi connectivity index (χ2n) is 5.16. The molecule has 6 nitrogen and oxygen atoms in total. The smallest absolute Gasteiger partial charge is 0.292 e. The van der Waals surface area contributed by atoms with Crippen molar-refractivity contribution in [1.82, 2.24) is 0 Å². The molecule has 1 fully saturated rings. The van der Waals surface area contributed by atoms with Crippen molar-refractivity contribution in [1.29, 1.82) is 0 Å². The summed E-state index contributed by atoms with van der Waals surface area (Å²) in [5, 5.41) is 14.1. The summed E-state index contributed by atoms with van der Waals surface area (Å²) in [4.78, 5) is 10.7. The lowest BCUT2D eigenvalue weighted by atomic mass is 10.1. The zero-order chi connectivity index (χ0) is 15.1. The van der Waals surface area contributed by atoms with Crippen LogP contribution < -0.4 is 5.32 Å². The minimum atomic E-state index is -0.360. The quantitative estimate of drug-likeness (QED) is 0.618. The molecule has 116 valence electrons. The molecule has 1 aromatic carbocycles. The van der Waals surface area contributed by atoms with E-state index in [2.05, 4.69) is 5.32 Å². The lowest BCUT2D eigenvalue weighted by molar-refractivity contribution is -0.384. The van der Waals surface area contributed by atoms with E-state index in [0.29, 0.717) is 18.8 Å². The van der Waals surface area contributed by atoms with Gasteiger partial charge in [-0.25, -0.2) is 0 Å². The molecule has 0 bridgehead atoms. The predicted octanol–water partition coefficient (Wildman–Crippen LogP) is 3.11. The van der Waals surface area contributed by atoms with Gasteiger partial charge in [0.15, 0.2) is 0 Å². The second kappa shape index (κ2) is 7.95. The van der Waals surface area contributed by atoms with Gasteiger partial charge in [-0.1, -0.05) is 6.92 Å². The van der Waals surface area contributed by atoms with Crippen LogP contribution in [0.2, 0.25) is 0 Å². The molecular formula is C15H22N2O4. The van der Waals surface area contributed by atoms with E-state index >= 15 is 0 Å². The lowest BCUT2D eigenvalue weighted by Gasteiger charge is -2.22. The van der Waals surface area contributed by atoms with Crippen LogP contribution in [0.25, 0.3) is 0 Å². The molecule has 0 unspecified atom stereocenters. The Bertz CT molecular complexity index is 473. The molecule has 0 radical (unpaired) electrons. The van der Waals surface area contributed by atoms with E-state index in [-0.39, 0.29) is 16.7 Å². The Labute approximate surface area is 124 Å². The van der Waals surface area contributed by atoms with Crippen LogP contribution in [0.15, 0.2) is 18.2 Å². The third-order valence-electron chi connectivity index (χ3n) is 3.48. The summed E-state index contributed by atoms with van der Waals surface area (Å²) >= 11 is 0. The SMILES string of the molecule is CCCNc1cc(COC2CCOCC2)ccc1[N+](=O)[O-]. The van der Waals surface area contributed by atoms with E-state index in [4.69, 9.17) is 9.47 Å². The molecule has 1 N–H and O–H groups in total. The maximum absolute atomic E-state index is 11.0. The molecule has 0 spiro atoms. The predicted molar refractivity (Wildman–Crippen MR) is 80.5 cm³/mol. The molecule has 1 saturated heterocycles. The van der Waals surface area contributed by atoms with E-state index < -0.39 is 0 Å². The normalized spacial score (nSPS) is 15.9. The van der Waals surface area contributed by atoms with E-state index in [1.54, 1.807) is 12.1 Å². The average Bonchev–Trinajstić information content (AvgIpc) is 2.51. The third kappa shape index (κ3) is 4.68. The third-order valence-corrected chi connectivity index (χ3v) is 3.48. The first kappa shape index (κ1) is 15.7. The summed E-state index contributed by atoms with van der Waals surface area (Å²) in [6.07, 6.45) is 2.96. The van der Waals surface area contributed by atoms with Crippen molar-refractivity contribution in [2.45, 2.75) is 38.9 Å². The van der Waals surface area contributed by atoms with Crippen LogP contribution in [-0.4, -0.2) is 30.8 Å². The Kier molecular flexibility index (Phi) is 5.95. The minimum absolute atomic E-state index is 0.110. The number of ether oxygens (including phenoxy) is 2. The number of hydrogen-bond acceptors (Lipinski definition) is 5. The van der Waals surface area contributed by atoms with Crippen molar-refractivity contribution >= 4 is 11.4 Å². The van der Waals surface area contributed by atoms with Gasteiger partial charge in [-0.2, -0.15) is 0 Å². The fraction of sp³-hybridized carbons (Fsp3) is 0.600. The highest BCUT2D eigenvalue weighted by atomic mass is 16.6. The van der Waals surface area contributed by atoms with Crippen LogP contribution in [0, 0.1) is 10.1 Å². The number of nitro groups is 1. The molecule has 1 aliphatic heterocycles. The van der Waals surface area contributed by atoms with Crippen molar-refractivity contribution < 1.29 is 14.4 Å². The highest BCUT2D eigenvalue weighted by Crippen LogP contribution is 2.26. The molecule has 21 heavy (non-hydrogen) atoms. The van der Waals surface area contributed by atoms with Gasteiger partial charge in [-0.05, 0) is 37.0 Å². The molecule has 0 aromatic heterocycles. The van der Waals surface area contributed by atoms with Crippen LogP contribution in [-0.2, 0) is 16.1 Å². The Balaban J connectivity index is 2.00. The van der Waals surface area contributed by atoms with Gasteiger partial charge in [-0.3, -0.25) is 10.1 Å². The first-order valence-corrected chi connectivity index (χ1v) is 7.41. The van der Waals surface area contributed by atoms with E-state index in [9.17, 15) is 10.1 Å². The van der Waals surface area contributed by atoms with E-state index in [1.807, 2.05) is 13.0 Å². The van der Waals surface area contributed by atoms with Crippen molar-refractivity contribution in [2.24, 2.45) is 0 Å². The Morgan fingerprint density at radius 3 is 2.86 bits per heavy atom. The Hall–Kier alpha value is -1.66. The summed E-state index contributed by atoms with van der Waals surface area (Å²) in [7, 11) is 0. The first-order chi connectivity index (χ1) is 10.2. The number of rotatable bonds is 7. The van der Waals surface area contributed by atoms with E-state index in [1.165, 1.54) is 0 Å². The van der Waals surface area contributed by atoms with Crippen LogP contribution >= 0.6 is 0 Å². The Morgan fingerprint density at radius 1 is 1.43 bits per heavy atom. The zero-order valence-corrected chi connectivity index (χ0v) is 12.3. The molecule has 6 heteroatoms. The van der Waals surface area contributed by atoms with Gasteiger partial charge < -0.3 is 14.8 Å². The fourth-order valence-corrected chi connectivity index (χ4v) is 2.29. The molecular weight excluding hydrogens is 272 g/mol. The first-order valence-electron chi connectivity index (χ1n) is 7.41. The summed E-state index contributed by atoms with van der Waals surface area (Å²) in [6, 6.07) is 5.11. The zero-order valence-electron chi connectivity index (χ0n) is 12.3.